The van der Waals surface area contributed by atoms with E-state index in [1.807, 2.05) is 13.8 Å². The van der Waals surface area contributed by atoms with Crippen LogP contribution in [0.5, 0.6) is 0 Å². The summed E-state index contributed by atoms with van der Waals surface area (Å²) in [5, 5.41) is 7.88. The average molecular weight is 347 g/mol. The van der Waals surface area contributed by atoms with E-state index in [4.69, 9.17) is 0 Å². The summed E-state index contributed by atoms with van der Waals surface area (Å²) >= 11 is 1.51. The van der Waals surface area contributed by atoms with E-state index in [1.54, 1.807) is 13.1 Å². The number of anilines is 2. The number of nitrogens with one attached hydrogen (secondary N) is 1. The van der Waals surface area contributed by atoms with Gasteiger partial charge in [-0.15, -0.1) is 11.3 Å². The molecule has 0 radical (unpaired) electrons. The van der Waals surface area contributed by atoms with Crippen molar-refractivity contribution < 1.29 is 4.79 Å². The van der Waals surface area contributed by atoms with E-state index in [2.05, 4.69) is 20.3 Å². The molecule has 1 aliphatic rings. The summed E-state index contributed by atoms with van der Waals surface area (Å²) in [6, 6.07) is 3.26. The van der Waals surface area contributed by atoms with Gasteiger partial charge < -0.3 is 10.2 Å². The zero-order valence-electron chi connectivity index (χ0n) is 14.1. The fourth-order valence-corrected chi connectivity index (χ4v) is 3.58. The molecule has 0 bridgehead atoms. The van der Waals surface area contributed by atoms with E-state index in [9.17, 15) is 9.59 Å². The van der Waals surface area contributed by atoms with Crippen LogP contribution in [0.1, 0.15) is 23.4 Å². The minimum Gasteiger partial charge on any atom is -0.355 e. The van der Waals surface area contributed by atoms with Crippen molar-refractivity contribution in [2.45, 2.75) is 26.7 Å². The summed E-state index contributed by atoms with van der Waals surface area (Å²) in [6.07, 6.45) is 1.53. The smallest absolute Gasteiger partial charge is 0.266 e. The van der Waals surface area contributed by atoms with Crippen LogP contribution < -0.4 is 15.8 Å². The first-order valence-corrected chi connectivity index (χ1v) is 8.80. The second-order valence-corrected chi connectivity index (χ2v) is 7.27. The zero-order valence-corrected chi connectivity index (χ0v) is 14.9. The van der Waals surface area contributed by atoms with Gasteiger partial charge in [0.2, 0.25) is 5.91 Å². The summed E-state index contributed by atoms with van der Waals surface area (Å²) in [6.45, 7) is 5.44. The Hall–Kier alpha value is -2.22. The average Bonchev–Trinajstić information content (AvgIpc) is 2.88. The first-order chi connectivity index (χ1) is 11.4. The first-order valence-electron chi connectivity index (χ1n) is 7.98. The predicted octanol–water partition coefficient (Wildman–Crippen LogP) is 1.71. The number of carbonyl (C=O) groups excluding carboxylic acids is 1. The number of hydrogen-bond donors (Lipinski definition) is 1. The molecule has 24 heavy (non-hydrogen) atoms. The lowest BCUT2D eigenvalue weighted by Crippen LogP contribution is -2.39. The lowest BCUT2D eigenvalue weighted by atomic mass is 9.96. The van der Waals surface area contributed by atoms with Crippen LogP contribution in [0.3, 0.4) is 0 Å². The summed E-state index contributed by atoms with van der Waals surface area (Å²) in [5.74, 6) is 0.803. The number of piperidine rings is 1. The topological polar surface area (TPSA) is 80.1 Å². The molecule has 3 heterocycles. The Morgan fingerprint density at radius 3 is 2.58 bits per heavy atom. The highest BCUT2D eigenvalue weighted by Crippen LogP contribution is 2.25. The van der Waals surface area contributed by atoms with Gasteiger partial charge in [-0.3, -0.25) is 9.59 Å². The molecule has 0 aliphatic carbocycles. The SMILES string of the molecule is Cc1nc(NC(=O)C2CCN(c3ccc(=O)n(C)n3)CC2)sc1C. The van der Waals surface area contributed by atoms with E-state index in [0.29, 0.717) is 5.13 Å². The predicted molar refractivity (Wildman–Crippen MR) is 94.6 cm³/mol. The van der Waals surface area contributed by atoms with Crippen molar-refractivity contribution >= 4 is 28.2 Å². The van der Waals surface area contributed by atoms with Crippen LogP contribution in [-0.2, 0) is 11.8 Å². The molecule has 2 aromatic heterocycles. The molecule has 128 valence electrons. The molecule has 0 saturated carbocycles. The molecular weight excluding hydrogens is 326 g/mol. The molecular formula is C16H21N5O2S. The van der Waals surface area contributed by atoms with Crippen molar-refractivity contribution in [2.24, 2.45) is 13.0 Å². The fourth-order valence-electron chi connectivity index (χ4n) is 2.76. The number of amides is 1. The van der Waals surface area contributed by atoms with E-state index in [-0.39, 0.29) is 17.4 Å². The molecule has 1 amide bonds. The van der Waals surface area contributed by atoms with Crippen molar-refractivity contribution in [3.63, 3.8) is 0 Å². The highest BCUT2D eigenvalue weighted by Gasteiger charge is 2.26. The van der Waals surface area contributed by atoms with Crippen molar-refractivity contribution in [1.82, 2.24) is 14.8 Å². The highest BCUT2D eigenvalue weighted by atomic mass is 32.1. The number of hydrogen-bond acceptors (Lipinski definition) is 6. The number of rotatable bonds is 3. The van der Waals surface area contributed by atoms with E-state index < -0.39 is 0 Å². The van der Waals surface area contributed by atoms with Gasteiger partial charge in [-0.05, 0) is 32.8 Å². The summed E-state index contributed by atoms with van der Waals surface area (Å²) in [4.78, 5) is 31.4. The Labute approximate surface area is 144 Å². The fraction of sp³-hybridized carbons (Fsp3) is 0.500. The van der Waals surface area contributed by atoms with Crippen molar-refractivity contribution in [2.75, 3.05) is 23.3 Å². The molecule has 8 heteroatoms. The number of thiazole rings is 1. The highest BCUT2D eigenvalue weighted by molar-refractivity contribution is 7.15. The van der Waals surface area contributed by atoms with Crippen molar-refractivity contribution in [1.29, 1.82) is 0 Å². The van der Waals surface area contributed by atoms with Gasteiger partial charge in [0.1, 0.15) is 5.82 Å². The Kier molecular flexibility index (Phi) is 4.66. The summed E-state index contributed by atoms with van der Waals surface area (Å²) in [5.41, 5.74) is 0.841. The maximum Gasteiger partial charge on any atom is 0.266 e. The quantitative estimate of drug-likeness (QED) is 0.914. The maximum atomic E-state index is 12.4. The van der Waals surface area contributed by atoms with Gasteiger partial charge in [-0.2, -0.15) is 5.10 Å². The molecule has 0 atom stereocenters. The van der Waals surface area contributed by atoms with Crippen LogP contribution in [0, 0.1) is 19.8 Å². The van der Waals surface area contributed by atoms with E-state index in [0.717, 1.165) is 42.3 Å². The lowest BCUT2D eigenvalue weighted by Gasteiger charge is -2.31. The van der Waals surface area contributed by atoms with E-state index >= 15 is 0 Å². The largest absolute Gasteiger partial charge is 0.355 e. The Bertz CT molecular complexity index is 786. The van der Waals surface area contributed by atoms with E-state index in [1.165, 1.54) is 22.1 Å². The van der Waals surface area contributed by atoms with Crippen LogP contribution in [0.2, 0.25) is 0 Å². The molecule has 1 aliphatic heterocycles. The Morgan fingerprint density at radius 2 is 2.00 bits per heavy atom. The third-order valence-corrected chi connectivity index (χ3v) is 5.38. The monoisotopic (exact) mass is 347 g/mol. The summed E-state index contributed by atoms with van der Waals surface area (Å²) in [7, 11) is 1.64. The Balaban J connectivity index is 1.59. The molecule has 0 aromatic carbocycles. The standard InChI is InChI=1S/C16H21N5O2S/c1-10-11(2)24-16(17-10)18-15(23)12-6-8-21(9-7-12)13-4-5-14(22)20(3)19-13/h4-5,12H,6-9H2,1-3H3,(H,17,18,23). The van der Waals surface area contributed by atoms with Crippen LogP contribution in [0.25, 0.3) is 0 Å². The van der Waals surface area contributed by atoms with Gasteiger partial charge in [0.25, 0.3) is 5.56 Å². The maximum absolute atomic E-state index is 12.4. The zero-order chi connectivity index (χ0) is 17.3. The molecule has 0 spiro atoms. The van der Waals surface area contributed by atoms with Crippen LogP contribution in [0.4, 0.5) is 10.9 Å². The Morgan fingerprint density at radius 1 is 1.29 bits per heavy atom. The molecule has 0 unspecified atom stereocenters. The van der Waals surface area contributed by atoms with Gasteiger partial charge >= 0.3 is 0 Å². The molecule has 1 fully saturated rings. The minimum atomic E-state index is -0.123. The number of nitrogens with zero attached hydrogens (tertiary/aromatic N) is 4. The summed E-state index contributed by atoms with van der Waals surface area (Å²) < 4.78 is 1.33. The molecule has 3 rings (SSSR count). The van der Waals surface area contributed by atoms with Gasteiger partial charge in [-0.25, -0.2) is 9.67 Å². The number of carbonyl (C=O) groups is 1. The van der Waals surface area contributed by atoms with Crippen LogP contribution in [-0.4, -0.2) is 33.8 Å². The molecule has 1 N–H and O–H groups in total. The third kappa shape index (κ3) is 3.48. The second kappa shape index (κ2) is 6.72. The van der Waals surface area contributed by atoms with Crippen LogP contribution >= 0.6 is 11.3 Å². The molecule has 7 nitrogen and oxygen atoms in total. The van der Waals surface area contributed by atoms with Crippen molar-refractivity contribution in [3.8, 4) is 0 Å². The first kappa shape index (κ1) is 16.6. The lowest BCUT2D eigenvalue weighted by molar-refractivity contribution is -0.120. The molecule has 1 saturated heterocycles. The third-order valence-electron chi connectivity index (χ3n) is 4.39. The second-order valence-electron chi connectivity index (χ2n) is 6.06. The van der Waals surface area contributed by atoms with Gasteiger partial charge in [0.15, 0.2) is 5.13 Å². The van der Waals surface area contributed by atoms with Crippen molar-refractivity contribution in [3.05, 3.63) is 33.1 Å². The number of aryl methyl sites for hydroxylation is 3. The van der Waals surface area contributed by atoms with Crippen LogP contribution in [0.15, 0.2) is 16.9 Å². The normalized spacial score (nSPS) is 15.5. The van der Waals surface area contributed by atoms with Gasteiger partial charge in [0, 0.05) is 37.0 Å². The minimum absolute atomic E-state index is 0.0155. The van der Waals surface area contributed by atoms with Gasteiger partial charge in [0.05, 0.1) is 5.69 Å². The number of aromatic nitrogens is 3. The molecule has 2 aromatic rings. The van der Waals surface area contributed by atoms with Gasteiger partial charge in [-0.1, -0.05) is 0 Å².